The molecule has 1 aliphatic carbocycles. The number of carbonyl (C=O) groups is 1. The number of hydrogen-bond donors (Lipinski definition) is 1. The third-order valence-corrected chi connectivity index (χ3v) is 3.75. The molecule has 106 valence electrons. The zero-order valence-corrected chi connectivity index (χ0v) is 12.1. The molecule has 4 heteroatoms. The standard InChI is InChI=1S/C16H21N3O/c1-3-19(15-8-9-15)16(20)11-18-12(2)14-6-4-13(10-17)5-7-14/h4-7,12,15,18H,3,8-9,11H2,1-2H3. The summed E-state index contributed by atoms with van der Waals surface area (Å²) in [5.74, 6) is 0.176. The number of benzene rings is 1. The van der Waals surface area contributed by atoms with E-state index < -0.39 is 0 Å². The van der Waals surface area contributed by atoms with Crippen LogP contribution >= 0.6 is 0 Å². The normalized spacial score (nSPS) is 15.4. The van der Waals surface area contributed by atoms with Crippen molar-refractivity contribution in [3.63, 3.8) is 0 Å². The van der Waals surface area contributed by atoms with E-state index in [0.29, 0.717) is 18.2 Å². The van der Waals surface area contributed by atoms with E-state index in [0.717, 1.165) is 24.9 Å². The Kier molecular flexibility index (Phi) is 4.75. The van der Waals surface area contributed by atoms with Crippen LogP contribution in [0.4, 0.5) is 0 Å². The summed E-state index contributed by atoms with van der Waals surface area (Å²) in [7, 11) is 0. The molecule has 4 nitrogen and oxygen atoms in total. The molecule has 0 heterocycles. The molecule has 0 radical (unpaired) electrons. The number of rotatable bonds is 6. The molecule has 1 aromatic rings. The summed E-state index contributed by atoms with van der Waals surface area (Å²) >= 11 is 0. The molecule has 0 aliphatic heterocycles. The maximum Gasteiger partial charge on any atom is 0.236 e. The second-order valence-corrected chi connectivity index (χ2v) is 5.25. The van der Waals surface area contributed by atoms with Gasteiger partial charge in [0.25, 0.3) is 0 Å². The Morgan fingerprint density at radius 3 is 2.60 bits per heavy atom. The van der Waals surface area contributed by atoms with Crippen LogP contribution in [0.15, 0.2) is 24.3 Å². The minimum absolute atomic E-state index is 0.101. The van der Waals surface area contributed by atoms with E-state index in [9.17, 15) is 4.79 Å². The third kappa shape index (κ3) is 3.58. The summed E-state index contributed by atoms with van der Waals surface area (Å²) in [4.78, 5) is 14.1. The van der Waals surface area contributed by atoms with Crippen molar-refractivity contribution in [3.8, 4) is 6.07 Å². The number of hydrogen-bond acceptors (Lipinski definition) is 3. The second kappa shape index (κ2) is 6.53. The Morgan fingerprint density at radius 1 is 1.45 bits per heavy atom. The highest BCUT2D eigenvalue weighted by Gasteiger charge is 2.31. The molecule has 1 N–H and O–H groups in total. The van der Waals surface area contributed by atoms with Crippen LogP contribution in [0, 0.1) is 11.3 Å². The largest absolute Gasteiger partial charge is 0.339 e. The van der Waals surface area contributed by atoms with Gasteiger partial charge in [-0.2, -0.15) is 5.26 Å². The van der Waals surface area contributed by atoms with Crippen molar-refractivity contribution in [3.05, 3.63) is 35.4 Å². The van der Waals surface area contributed by atoms with Gasteiger partial charge in [0.05, 0.1) is 18.2 Å². The van der Waals surface area contributed by atoms with Crippen molar-refractivity contribution in [1.82, 2.24) is 10.2 Å². The molecule has 1 aromatic carbocycles. The van der Waals surface area contributed by atoms with Gasteiger partial charge in [0.15, 0.2) is 0 Å². The lowest BCUT2D eigenvalue weighted by Gasteiger charge is -2.22. The summed E-state index contributed by atoms with van der Waals surface area (Å²) in [5, 5.41) is 12.0. The van der Waals surface area contributed by atoms with Gasteiger partial charge in [-0.25, -0.2) is 0 Å². The lowest BCUT2D eigenvalue weighted by Crippen LogP contribution is -2.40. The molecule has 1 atom stereocenters. The molecule has 0 bridgehead atoms. The van der Waals surface area contributed by atoms with Crippen molar-refractivity contribution < 1.29 is 4.79 Å². The van der Waals surface area contributed by atoms with Gasteiger partial charge in [-0.1, -0.05) is 12.1 Å². The monoisotopic (exact) mass is 271 g/mol. The molecule has 0 aromatic heterocycles. The first-order valence-electron chi connectivity index (χ1n) is 7.18. The number of nitrogens with zero attached hydrogens (tertiary/aromatic N) is 2. The SMILES string of the molecule is CCN(C(=O)CNC(C)c1ccc(C#N)cc1)C1CC1. The van der Waals surface area contributed by atoms with Gasteiger partial charge in [0.1, 0.15) is 0 Å². The van der Waals surface area contributed by atoms with Gasteiger partial charge >= 0.3 is 0 Å². The third-order valence-electron chi connectivity index (χ3n) is 3.75. The van der Waals surface area contributed by atoms with E-state index in [1.165, 1.54) is 0 Å². The van der Waals surface area contributed by atoms with Gasteiger partial charge in [0.2, 0.25) is 5.91 Å². The predicted octanol–water partition coefficient (Wildman–Crippen LogP) is 2.22. The van der Waals surface area contributed by atoms with Gasteiger partial charge in [-0.15, -0.1) is 0 Å². The van der Waals surface area contributed by atoms with Crippen molar-refractivity contribution in [2.75, 3.05) is 13.1 Å². The number of amides is 1. The van der Waals surface area contributed by atoms with Crippen LogP contribution < -0.4 is 5.32 Å². The number of carbonyl (C=O) groups excluding carboxylic acids is 1. The van der Waals surface area contributed by atoms with Crippen molar-refractivity contribution in [2.24, 2.45) is 0 Å². The second-order valence-electron chi connectivity index (χ2n) is 5.25. The lowest BCUT2D eigenvalue weighted by molar-refractivity contribution is -0.130. The highest BCUT2D eigenvalue weighted by molar-refractivity contribution is 5.79. The summed E-state index contributed by atoms with van der Waals surface area (Å²) in [6.45, 7) is 5.21. The summed E-state index contributed by atoms with van der Waals surface area (Å²) in [6.07, 6.45) is 2.29. The first-order valence-corrected chi connectivity index (χ1v) is 7.18. The van der Waals surface area contributed by atoms with Gasteiger partial charge < -0.3 is 10.2 Å². The van der Waals surface area contributed by atoms with Gasteiger partial charge in [-0.05, 0) is 44.4 Å². The zero-order valence-electron chi connectivity index (χ0n) is 12.1. The average Bonchev–Trinajstić information content (AvgIpc) is 3.30. The Bertz CT molecular complexity index is 499. The summed E-state index contributed by atoms with van der Waals surface area (Å²) in [6, 6.07) is 10.1. The zero-order chi connectivity index (χ0) is 14.5. The van der Waals surface area contributed by atoms with Crippen LogP contribution in [0.25, 0.3) is 0 Å². The molecular formula is C16H21N3O. The highest BCUT2D eigenvalue weighted by atomic mass is 16.2. The van der Waals surface area contributed by atoms with Crippen molar-refractivity contribution in [1.29, 1.82) is 5.26 Å². The van der Waals surface area contributed by atoms with E-state index in [2.05, 4.69) is 11.4 Å². The van der Waals surface area contributed by atoms with E-state index >= 15 is 0 Å². The molecule has 1 unspecified atom stereocenters. The van der Waals surface area contributed by atoms with Crippen molar-refractivity contribution >= 4 is 5.91 Å². The Labute approximate surface area is 120 Å². The summed E-state index contributed by atoms with van der Waals surface area (Å²) in [5.41, 5.74) is 1.74. The Hall–Kier alpha value is -1.86. The molecule has 0 spiro atoms. The quantitative estimate of drug-likeness (QED) is 0.863. The average molecular weight is 271 g/mol. The van der Waals surface area contributed by atoms with Crippen molar-refractivity contribution in [2.45, 2.75) is 38.8 Å². The van der Waals surface area contributed by atoms with E-state index in [4.69, 9.17) is 5.26 Å². The van der Waals surface area contributed by atoms with E-state index in [-0.39, 0.29) is 11.9 Å². The fourth-order valence-electron chi connectivity index (χ4n) is 2.33. The smallest absolute Gasteiger partial charge is 0.236 e. The van der Waals surface area contributed by atoms with Crippen LogP contribution in [-0.4, -0.2) is 29.9 Å². The first-order chi connectivity index (χ1) is 9.65. The molecule has 1 saturated carbocycles. The number of likely N-dealkylation sites (N-methyl/N-ethyl adjacent to an activating group) is 1. The van der Waals surface area contributed by atoms with Crippen LogP contribution in [0.2, 0.25) is 0 Å². The molecule has 2 rings (SSSR count). The molecule has 20 heavy (non-hydrogen) atoms. The maximum atomic E-state index is 12.1. The number of nitriles is 1. The minimum atomic E-state index is 0.101. The molecular weight excluding hydrogens is 250 g/mol. The highest BCUT2D eigenvalue weighted by Crippen LogP contribution is 2.26. The predicted molar refractivity (Wildman–Crippen MR) is 78.0 cm³/mol. The fraction of sp³-hybridized carbons (Fsp3) is 0.500. The maximum absolute atomic E-state index is 12.1. The number of nitrogens with one attached hydrogen (secondary N) is 1. The van der Waals surface area contributed by atoms with Crippen LogP contribution in [0.1, 0.15) is 43.9 Å². The van der Waals surface area contributed by atoms with Gasteiger partial charge in [0, 0.05) is 18.6 Å². The minimum Gasteiger partial charge on any atom is -0.339 e. The van der Waals surface area contributed by atoms with Crippen LogP contribution in [-0.2, 0) is 4.79 Å². The topological polar surface area (TPSA) is 56.1 Å². The van der Waals surface area contributed by atoms with E-state index in [1.54, 1.807) is 12.1 Å². The van der Waals surface area contributed by atoms with Gasteiger partial charge in [-0.3, -0.25) is 4.79 Å². The molecule has 1 aliphatic rings. The molecule has 1 amide bonds. The van der Waals surface area contributed by atoms with Crippen LogP contribution in [0.5, 0.6) is 0 Å². The lowest BCUT2D eigenvalue weighted by atomic mass is 10.1. The fourth-order valence-corrected chi connectivity index (χ4v) is 2.33. The Balaban J connectivity index is 1.86. The first kappa shape index (κ1) is 14.5. The summed E-state index contributed by atoms with van der Waals surface area (Å²) < 4.78 is 0. The van der Waals surface area contributed by atoms with Crippen LogP contribution in [0.3, 0.4) is 0 Å². The molecule has 0 saturated heterocycles. The molecule has 1 fully saturated rings. The van der Waals surface area contributed by atoms with E-state index in [1.807, 2.05) is 30.9 Å². The Morgan fingerprint density at radius 2 is 2.10 bits per heavy atom.